The number of aliphatic hydroxyl groups excluding tert-OH is 1. The number of alkyl halides is 3. The lowest BCUT2D eigenvalue weighted by molar-refractivity contribution is -0.203. The van der Waals surface area contributed by atoms with Crippen LogP contribution in [0.5, 0.6) is 0 Å². The Morgan fingerprint density at radius 3 is 2.40 bits per heavy atom. The van der Waals surface area contributed by atoms with Gasteiger partial charge < -0.3 is 5.11 Å². The molecule has 15 heavy (non-hydrogen) atoms. The van der Waals surface area contributed by atoms with Crippen LogP contribution >= 0.6 is 23.2 Å². The highest BCUT2D eigenvalue weighted by Gasteiger charge is 2.38. The topological polar surface area (TPSA) is 33.1 Å². The molecule has 0 bridgehead atoms. The lowest BCUT2D eigenvalue weighted by Gasteiger charge is -2.13. The Balaban J connectivity index is 2.81. The largest absolute Gasteiger partial charge is 0.414 e. The molecule has 0 aliphatic rings. The first-order valence-electron chi connectivity index (χ1n) is 3.86. The number of nitrogens with zero attached hydrogens (tertiary/aromatic N) is 1. The molecular formula is C8H6Cl2F3NO. The molecule has 1 aromatic rings. The van der Waals surface area contributed by atoms with Gasteiger partial charge in [-0.3, -0.25) is 0 Å². The molecule has 0 aromatic carbocycles. The van der Waals surface area contributed by atoms with Gasteiger partial charge in [0.2, 0.25) is 0 Å². The Labute approximate surface area is 93.6 Å². The van der Waals surface area contributed by atoms with E-state index in [0.717, 1.165) is 0 Å². The number of halogens is 5. The SMILES string of the molecule is OC(Cc1cc(Cl)cc(Cl)n1)C(F)(F)F. The average Bonchev–Trinajstić information content (AvgIpc) is 1.99. The van der Waals surface area contributed by atoms with E-state index in [2.05, 4.69) is 4.98 Å². The van der Waals surface area contributed by atoms with Crippen LogP contribution in [0.2, 0.25) is 10.2 Å². The first-order valence-corrected chi connectivity index (χ1v) is 4.61. The van der Waals surface area contributed by atoms with E-state index in [0.29, 0.717) is 0 Å². The Kier molecular flexibility index (Phi) is 3.81. The van der Waals surface area contributed by atoms with E-state index in [1.54, 1.807) is 0 Å². The van der Waals surface area contributed by atoms with E-state index < -0.39 is 18.7 Å². The summed E-state index contributed by atoms with van der Waals surface area (Å²) in [5.41, 5.74) is -0.00248. The van der Waals surface area contributed by atoms with Gasteiger partial charge in [0.25, 0.3) is 0 Å². The fourth-order valence-corrected chi connectivity index (χ4v) is 1.45. The van der Waals surface area contributed by atoms with Gasteiger partial charge >= 0.3 is 6.18 Å². The van der Waals surface area contributed by atoms with Crippen LogP contribution in [0.15, 0.2) is 12.1 Å². The molecule has 0 saturated carbocycles. The molecule has 0 aliphatic heterocycles. The van der Waals surface area contributed by atoms with Crippen molar-refractivity contribution in [3.8, 4) is 0 Å². The molecule has 0 amide bonds. The van der Waals surface area contributed by atoms with Gasteiger partial charge in [0.05, 0.1) is 0 Å². The molecule has 1 N–H and O–H groups in total. The maximum Gasteiger partial charge on any atom is 0.414 e. The molecule has 0 spiro atoms. The Morgan fingerprint density at radius 1 is 1.33 bits per heavy atom. The lowest BCUT2D eigenvalue weighted by Crippen LogP contribution is -2.30. The van der Waals surface area contributed by atoms with Crippen LogP contribution in [0, 0.1) is 0 Å². The maximum absolute atomic E-state index is 12.0. The second kappa shape index (κ2) is 4.55. The third kappa shape index (κ3) is 3.85. The van der Waals surface area contributed by atoms with E-state index in [9.17, 15) is 13.2 Å². The smallest absolute Gasteiger partial charge is 0.383 e. The number of aliphatic hydroxyl groups is 1. The Hall–Kier alpha value is -0.520. The average molecular weight is 260 g/mol. The van der Waals surface area contributed by atoms with Crippen LogP contribution in [0.25, 0.3) is 0 Å². The van der Waals surface area contributed by atoms with Gasteiger partial charge in [-0.25, -0.2) is 4.98 Å². The monoisotopic (exact) mass is 259 g/mol. The van der Waals surface area contributed by atoms with Crippen molar-refractivity contribution in [2.45, 2.75) is 18.7 Å². The van der Waals surface area contributed by atoms with E-state index in [4.69, 9.17) is 28.3 Å². The molecule has 84 valence electrons. The Bertz CT molecular complexity index is 336. The van der Waals surface area contributed by atoms with Crippen molar-refractivity contribution in [1.29, 1.82) is 0 Å². The lowest BCUT2D eigenvalue weighted by atomic mass is 10.2. The third-order valence-electron chi connectivity index (χ3n) is 1.59. The first-order chi connectivity index (χ1) is 6.79. The van der Waals surface area contributed by atoms with Crippen molar-refractivity contribution in [2.75, 3.05) is 0 Å². The minimum absolute atomic E-state index is 0.00248. The van der Waals surface area contributed by atoms with Crippen LogP contribution in [0.1, 0.15) is 5.69 Å². The molecule has 7 heteroatoms. The molecule has 1 rings (SSSR count). The zero-order chi connectivity index (χ0) is 11.6. The molecule has 0 aliphatic carbocycles. The van der Waals surface area contributed by atoms with Gasteiger partial charge in [0.15, 0.2) is 6.10 Å². The summed E-state index contributed by atoms with van der Waals surface area (Å²) in [6.45, 7) is 0. The van der Waals surface area contributed by atoms with E-state index in [1.807, 2.05) is 0 Å². The molecule has 1 unspecified atom stereocenters. The van der Waals surface area contributed by atoms with E-state index in [-0.39, 0.29) is 15.9 Å². The van der Waals surface area contributed by atoms with Crippen molar-refractivity contribution in [3.63, 3.8) is 0 Å². The van der Waals surface area contributed by atoms with Crippen LogP contribution in [-0.2, 0) is 6.42 Å². The highest BCUT2D eigenvalue weighted by atomic mass is 35.5. The van der Waals surface area contributed by atoms with Crippen LogP contribution < -0.4 is 0 Å². The van der Waals surface area contributed by atoms with Gasteiger partial charge in [-0.05, 0) is 12.1 Å². The molecule has 1 heterocycles. The number of pyridine rings is 1. The van der Waals surface area contributed by atoms with Crippen molar-refractivity contribution < 1.29 is 18.3 Å². The fourth-order valence-electron chi connectivity index (χ4n) is 0.935. The zero-order valence-corrected chi connectivity index (χ0v) is 8.74. The zero-order valence-electron chi connectivity index (χ0n) is 7.22. The molecular weight excluding hydrogens is 254 g/mol. The van der Waals surface area contributed by atoms with Crippen molar-refractivity contribution in [3.05, 3.63) is 28.0 Å². The van der Waals surface area contributed by atoms with Gasteiger partial charge in [-0.15, -0.1) is 0 Å². The summed E-state index contributed by atoms with van der Waals surface area (Å²) in [4.78, 5) is 3.61. The van der Waals surface area contributed by atoms with Gasteiger partial charge in [0, 0.05) is 17.1 Å². The summed E-state index contributed by atoms with van der Waals surface area (Å²) in [6.07, 6.45) is -7.79. The predicted molar refractivity (Wildman–Crippen MR) is 50.0 cm³/mol. The number of aromatic nitrogens is 1. The predicted octanol–water partition coefficient (Wildman–Crippen LogP) is 2.85. The minimum atomic E-state index is -4.67. The van der Waals surface area contributed by atoms with Gasteiger partial charge in [-0.2, -0.15) is 13.2 Å². The molecule has 1 atom stereocenters. The second-order valence-corrected chi connectivity index (χ2v) is 3.68. The molecule has 1 aromatic heterocycles. The maximum atomic E-state index is 12.0. The molecule has 0 saturated heterocycles. The number of hydrogen-bond donors (Lipinski definition) is 1. The summed E-state index contributed by atoms with van der Waals surface area (Å²) in [5.74, 6) is 0. The highest BCUT2D eigenvalue weighted by Crippen LogP contribution is 2.24. The van der Waals surface area contributed by atoms with Gasteiger partial charge in [-0.1, -0.05) is 23.2 Å². The number of rotatable bonds is 2. The summed E-state index contributed by atoms with van der Waals surface area (Å²) in [7, 11) is 0. The van der Waals surface area contributed by atoms with Gasteiger partial charge in [0.1, 0.15) is 5.15 Å². The summed E-state index contributed by atoms with van der Waals surface area (Å²) >= 11 is 11.0. The normalized spacial score (nSPS) is 14.0. The second-order valence-electron chi connectivity index (χ2n) is 2.86. The third-order valence-corrected chi connectivity index (χ3v) is 2.00. The van der Waals surface area contributed by atoms with Crippen LogP contribution in [0.4, 0.5) is 13.2 Å². The number of hydrogen-bond acceptors (Lipinski definition) is 2. The fraction of sp³-hybridized carbons (Fsp3) is 0.375. The Morgan fingerprint density at radius 2 is 1.93 bits per heavy atom. The summed E-state index contributed by atoms with van der Waals surface area (Å²) < 4.78 is 36.0. The standard InChI is InChI=1S/C8H6Cl2F3NO/c9-4-1-5(14-7(10)2-4)3-6(15)8(11,12)13/h1-2,6,15H,3H2. The van der Waals surface area contributed by atoms with Crippen molar-refractivity contribution in [2.24, 2.45) is 0 Å². The molecule has 2 nitrogen and oxygen atoms in total. The first kappa shape index (κ1) is 12.5. The minimum Gasteiger partial charge on any atom is -0.383 e. The summed E-state index contributed by atoms with van der Waals surface area (Å²) in [6, 6.07) is 2.52. The summed E-state index contributed by atoms with van der Waals surface area (Å²) in [5, 5.41) is 8.94. The quantitative estimate of drug-likeness (QED) is 0.829. The van der Waals surface area contributed by atoms with E-state index in [1.165, 1.54) is 12.1 Å². The van der Waals surface area contributed by atoms with Crippen molar-refractivity contribution >= 4 is 23.2 Å². The van der Waals surface area contributed by atoms with E-state index >= 15 is 0 Å². The molecule has 0 fully saturated rings. The van der Waals surface area contributed by atoms with Crippen LogP contribution in [0.3, 0.4) is 0 Å². The van der Waals surface area contributed by atoms with Crippen molar-refractivity contribution in [1.82, 2.24) is 4.98 Å². The highest BCUT2D eigenvalue weighted by molar-refractivity contribution is 6.33. The molecule has 0 radical (unpaired) electrons. The van der Waals surface area contributed by atoms with Crippen LogP contribution in [-0.4, -0.2) is 22.4 Å².